The summed E-state index contributed by atoms with van der Waals surface area (Å²) in [6.45, 7) is 2.51. The molecule has 4 rings (SSSR count). The number of sulfonamides is 1. The molecule has 0 spiro atoms. The summed E-state index contributed by atoms with van der Waals surface area (Å²) in [6, 6.07) is 7.78. The van der Waals surface area contributed by atoms with Gasteiger partial charge in [0.1, 0.15) is 0 Å². The van der Waals surface area contributed by atoms with E-state index in [2.05, 4.69) is 4.72 Å². The van der Waals surface area contributed by atoms with E-state index in [1.807, 2.05) is 6.92 Å². The molecule has 1 atom stereocenters. The molecular formula is C18H16Cl2N2O3S. The minimum absolute atomic E-state index is 0.0325. The van der Waals surface area contributed by atoms with Crippen molar-refractivity contribution >= 4 is 50.5 Å². The van der Waals surface area contributed by atoms with Crippen LogP contribution in [0.4, 0.5) is 11.4 Å². The third-order valence-corrected chi connectivity index (χ3v) is 6.61. The molecule has 2 aliphatic rings. The summed E-state index contributed by atoms with van der Waals surface area (Å²) < 4.78 is 28.3. The highest BCUT2D eigenvalue weighted by molar-refractivity contribution is 7.92. The molecule has 0 bridgehead atoms. The van der Waals surface area contributed by atoms with Gasteiger partial charge < -0.3 is 4.90 Å². The van der Waals surface area contributed by atoms with Crippen molar-refractivity contribution in [2.45, 2.75) is 30.6 Å². The first-order chi connectivity index (χ1) is 12.3. The smallest absolute Gasteiger partial charge is 0.261 e. The van der Waals surface area contributed by atoms with Gasteiger partial charge in [0.05, 0.1) is 22.2 Å². The van der Waals surface area contributed by atoms with Crippen molar-refractivity contribution in [1.29, 1.82) is 0 Å². The number of halogens is 2. The zero-order valence-corrected chi connectivity index (χ0v) is 16.2. The zero-order valence-electron chi connectivity index (χ0n) is 13.9. The molecule has 2 aliphatic heterocycles. The fraction of sp³-hybridized carbons (Fsp3) is 0.278. The number of nitrogens with zero attached hydrogens (tertiary/aromatic N) is 1. The predicted octanol–water partition coefficient (Wildman–Crippen LogP) is 4.19. The topological polar surface area (TPSA) is 66.5 Å². The van der Waals surface area contributed by atoms with Crippen LogP contribution in [-0.2, 0) is 21.2 Å². The number of carbonyl (C=O) groups excluding carboxylic acids is 1. The lowest BCUT2D eigenvalue weighted by Gasteiger charge is -2.26. The Balaban J connectivity index is 1.78. The van der Waals surface area contributed by atoms with Gasteiger partial charge in [0.25, 0.3) is 10.0 Å². The fourth-order valence-corrected chi connectivity index (χ4v) is 5.30. The third kappa shape index (κ3) is 2.86. The van der Waals surface area contributed by atoms with Gasteiger partial charge in [-0.15, -0.1) is 0 Å². The Hall–Kier alpha value is -1.76. The Labute approximate surface area is 162 Å². The lowest BCUT2D eigenvalue weighted by atomic mass is 9.97. The second-order valence-electron chi connectivity index (χ2n) is 6.60. The molecule has 0 unspecified atom stereocenters. The lowest BCUT2D eigenvalue weighted by Crippen LogP contribution is -2.32. The van der Waals surface area contributed by atoms with Crippen LogP contribution in [0.2, 0.25) is 10.0 Å². The monoisotopic (exact) mass is 410 g/mol. The molecule has 1 amide bonds. The van der Waals surface area contributed by atoms with Crippen LogP contribution in [0.15, 0.2) is 35.2 Å². The second kappa shape index (κ2) is 6.15. The number of hydrogen-bond acceptors (Lipinski definition) is 3. The van der Waals surface area contributed by atoms with Crippen LogP contribution in [-0.4, -0.2) is 20.9 Å². The lowest BCUT2D eigenvalue weighted by molar-refractivity contribution is -0.119. The van der Waals surface area contributed by atoms with Gasteiger partial charge in [-0.1, -0.05) is 23.2 Å². The van der Waals surface area contributed by atoms with Crippen molar-refractivity contribution in [3.8, 4) is 0 Å². The molecular weight excluding hydrogens is 395 g/mol. The molecule has 136 valence electrons. The molecule has 2 aromatic rings. The Morgan fingerprint density at radius 1 is 1.12 bits per heavy atom. The van der Waals surface area contributed by atoms with Crippen LogP contribution in [0, 0.1) is 0 Å². The van der Waals surface area contributed by atoms with E-state index < -0.39 is 10.0 Å². The molecule has 0 aliphatic carbocycles. The van der Waals surface area contributed by atoms with Gasteiger partial charge in [-0.2, -0.15) is 0 Å². The van der Waals surface area contributed by atoms with Crippen molar-refractivity contribution in [3.05, 3.63) is 51.5 Å². The van der Waals surface area contributed by atoms with Gasteiger partial charge >= 0.3 is 0 Å². The highest BCUT2D eigenvalue weighted by Crippen LogP contribution is 2.44. The van der Waals surface area contributed by atoms with E-state index in [1.54, 1.807) is 17.0 Å². The van der Waals surface area contributed by atoms with Crippen molar-refractivity contribution in [2.75, 3.05) is 16.2 Å². The van der Waals surface area contributed by atoms with Crippen LogP contribution in [0.5, 0.6) is 0 Å². The minimum atomic E-state index is -3.83. The van der Waals surface area contributed by atoms with Crippen LogP contribution in [0.3, 0.4) is 0 Å². The van der Waals surface area contributed by atoms with Crippen molar-refractivity contribution in [1.82, 2.24) is 0 Å². The maximum absolute atomic E-state index is 12.9. The quantitative estimate of drug-likeness (QED) is 0.824. The normalized spacial score (nSPS) is 18.8. The minimum Gasteiger partial charge on any atom is -0.311 e. The fourth-order valence-electron chi connectivity index (χ4n) is 3.65. The summed E-state index contributed by atoms with van der Waals surface area (Å²) in [6.07, 6.45) is 1.58. The molecule has 0 radical (unpaired) electrons. The Bertz CT molecular complexity index is 1020. The average Bonchev–Trinajstić information content (AvgIpc) is 2.80. The first-order valence-corrected chi connectivity index (χ1v) is 10.5. The summed E-state index contributed by atoms with van der Waals surface area (Å²) in [5.74, 6) is -0.303. The number of rotatable bonds is 3. The average molecular weight is 411 g/mol. The summed E-state index contributed by atoms with van der Waals surface area (Å²) in [5.41, 5.74) is 2.86. The van der Waals surface area contributed by atoms with E-state index in [-0.39, 0.29) is 16.7 Å². The maximum atomic E-state index is 12.9. The van der Waals surface area contributed by atoms with Crippen molar-refractivity contribution < 1.29 is 13.2 Å². The highest BCUT2D eigenvalue weighted by atomic mass is 35.5. The largest absolute Gasteiger partial charge is 0.311 e. The van der Waals surface area contributed by atoms with E-state index in [4.69, 9.17) is 23.2 Å². The van der Waals surface area contributed by atoms with Crippen molar-refractivity contribution in [2.24, 2.45) is 0 Å². The summed E-state index contributed by atoms with van der Waals surface area (Å²) in [4.78, 5) is 14.4. The van der Waals surface area contributed by atoms with E-state index in [0.717, 1.165) is 29.7 Å². The zero-order chi connectivity index (χ0) is 18.6. The molecule has 26 heavy (non-hydrogen) atoms. The standard InChI is InChI=1S/C18H16Cl2N2O3S/c1-10-16-9-15(5-11-3-2-4-22(17(11)16)18(10)23)26(24,25)21-14-7-12(19)6-13(20)8-14/h5-10,21H,2-4H2,1H3/t10-/m0/s1. The number of nitrogens with one attached hydrogen (secondary N) is 1. The van der Waals surface area contributed by atoms with E-state index in [1.165, 1.54) is 18.2 Å². The van der Waals surface area contributed by atoms with Gasteiger partial charge in [-0.05, 0) is 61.2 Å². The number of benzene rings is 2. The van der Waals surface area contributed by atoms with Gasteiger partial charge in [0, 0.05) is 16.6 Å². The first-order valence-electron chi connectivity index (χ1n) is 8.23. The van der Waals surface area contributed by atoms with Crippen LogP contribution < -0.4 is 9.62 Å². The van der Waals surface area contributed by atoms with Gasteiger partial charge in [0.15, 0.2) is 0 Å². The molecule has 2 heterocycles. The molecule has 0 saturated heterocycles. The summed E-state index contributed by atoms with van der Waals surface area (Å²) in [7, 11) is -3.83. The summed E-state index contributed by atoms with van der Waals surface area (Å²) >= 11 is 11.9. The molecule has 0 fully saturated rings. The predicted molar refractivity (Wildman–Crippen MR) is 103 cm³/mol. The van der Waals surface area contributed by atoms with Crippen LogP contribution in [0.25, 0.3) is 0 Å². The third-order valence-electron chi connectivity index (χ3n) is 4.82. The number of carbonyl (C=O) groups is 1. The second-order valence-corrected chi connectivity index (χ2v) is 9.15. The molecule has 0 saturated carbocycles. The Morgan fingerprint density at radius 3 is 2.50 bits per heavy atom. The highest BCUT2D eigenvalue weighted by Gasteiger charge is 2.38. The number of anilines is 2. The van der Waals surface area contributed by atoms with Gasteiger partial charge in [0.2, 0.25) is 5.91 Å². The van der Waals surface area contributed by atoms with E-state index >= 15 is 0 Å². The van der Waals surface area contributed by atoms with Gasteiger partial charge in [-0.25, -0.2) is 8.42 Å². The van der Waals surface area contributed by atoms with E-state index in [0.29, 0.717) is 22.3 Å². The Kier molecular flexibility index (Phi) is 4.17. The van der Waals surface area contributed by atoms with E-state index in [9.17, 15) is 13.2 Å². The Morgan fingerprint density at radius 2 is 1.81 bits per heavy atom. The number of aryl methyl sites for hydroxylation is 1. The molecule has 5 nitrogen and oxygen atoms in total. The SMILES string of the molecule is C[C@@H]1C(=O)N2CCCc3cc(S(=O)(=O)Nc4cc(Cl)cc(Cl)c4)cc1c32. The first kappa shape index (κ1) is 17.6. The maximum Gasteiger partial charge on any atom is 0.261 e. The number of hydrogen-bond donors (Lipinski definition) is 1. The van der Waals surface area contributed by atoms with Gasteiger partial charge in [-0.3, -0.25) is 9.52 Å². The van der Waals surface area contributed by atoms with Crippen LogP contribution in [0.1, 0.15) is 30.4 Å². The van der Waals surface area contributed by atoms with Crippen molar-refractivity contribution in [3.63, 3.8) is 0 Å². The molecule has 0 aromatic heterocycles. The molecule has 1 N–H and O–H groups in total. The van der Waals surface area contributed by atoms with Crippen LogP contribution >= 0.6 is 23.2 Å². The number of amides is 1. The summed E-state index contributed by atoms with van der Waals surface area (Å²) in [5, 5.41) is 0.684. The molecule has 8 heteroatoms. The molecule has 2 aromatic carbocycles.